The Bertz CT molecular complexity index is 449. The van der Waals surface area contributed by atoms with Gasteiger partial charge in [0.1, 0.15) is 0 Å². The van der Waals surface area contributed by atoms with Crippen molar-refractivity contribution in [3.05, 3.63) is 35.9 Å². The van der Waals surface area contributed by atoms with E-state index in [4.69, 9.17) is 9.47 Å². The molecule has 5 heteroatoms. The molecule has 1 N–H and O–H groups in total. The summed E-state index contributed by atoms with van der Waals surface area (Å²) in [6.45, 7) is 5.15. The van der Waals surface area contributed by atoms with Crippen molar-refractivity contribution in [2.45, 2.75) is 38.7 Å². The second kappa shape index (κ2) is 7.78. The normalized spacial score (nSPS) is 12.6. The zero-order valence-electron chi connectivity index (χ0n) is 12.7. The maximum Gasteiger partial charge on any atom is 0.328 e. The van der Waals surface area contributed by atoms with Crippen molar-refractivity contribution >= 4 is 11.9 Å². The molecule has 0 aliphatic carbocycles. The van der Waals surface area contributed by atoms with Gasteiger partial charge in [0.05, 0.1) is 19.3 Å². The minimum absolute atomic E-state index is 0.0886. The molecule has 1 rings (SSSR count). The monoisotopic (exact) mass is 294 g/mol. The Hall–Kier alpha value is -1.88. The molecule has 5 nitrogen and oxygen atoms in total. The summed E-state index contributed by atoms with van der Waals surface area (Å²) in [4.78, 5) is 25.0. The van der Waals surface area contributed by atoms with Gasteiger partial charge >= 0.3 is 11.9 Å². The third kappa shape index (κ3) is 3.82. The summed E-state index contributed by atoms with van der Waals surface area (Å²) < 4.78 is 10.2. The number of benzene rings is 1. The number of hydrogen-bond donors (Lipinski definition) is 1. The number of carbonyl (C=O) groups excluding carboxylic acids is 2. The van der Waals surface area contributed by atoms with Crippen LogP contribution in [0.5, 0.6) is 0 Å². The highest BCUT2D eigenvalue weighted by Crippen LogP contribution is 2.33. The lowest BCUT2D eigenvalue weighted by atomic mass is 9.76. The van der Waals surface area contributed by atoms with E-state index in [0.717, 1.165) is 0 Å². The maximum atomic E-state index is 12.5. The van der Waals surface area contributed by atoms with Gasteiger partial charge in [-0.2, -0.15) is 0 Å². The Balaban J connectivity index is 3.40. The Kier molecular flexibility index (Phi) is 6.37. The molecular formula is C16H22O5. The van der Waals surface area contributed by atoms with Crippen LogP contribution >= 0.6 is 0 Å². The van der Waals surface area contributed by atoms with E-state index >= 15 is 0 Å². The summed E-state index contributed by atoms with van der Waals surface area (Å²) in [5.41, 5.74) is -1.18. The summed E-state index contributed by atoms with van der Waals surface area (Å²) >= 11 is 0. The quantitative estimate of drug-likeness (QED) is 0.613. The number of esters is 2. The fourth-order valence-corrected chi connectivity index (χ4v) is 2.28. The van der Waals surface area contributed by atoms with E-state index in [1.807, 2.05) is 0 Å². The van der Waals surface area contributed by atoms with Crippen molar-refractivity contribution in [1.82, 2.24) is 0 Å². The standard InChI is InChI=1S/C16H22O5/c1-4-20-14(18)16(11-12(3)17,15(19)21-5-2)13-9-7-6-8-10-13/h6-10,12,17H,4-5,11H2,1-3H3. The molecule has 116 valence electrons. The molecule has 0 amide bonds. The third-order valence-corrected chi connectivity index (χ3v) is 3.12. The van der Waals surface area contributed by atoms with Crippen LogP contribution in [-0.2, 0) is 24.5 Å². The number of hydrogen-bond acceptors (Lipinski definition) is 5. The smallest absolute Gasteiger partial charge is 0.328 e. The van der Waals surface area contributed by atoms with Crippen LogP contribution in [0.2, 0.25) is 0 Å². The molecule has 1 unspecified atom stereocenters. The molecule has 0 aromatic heterocycles. The Labute approximate surface area is 124 Å². The zero-order chi connectivity index (χ0) is 15.9. The lowest BCUT2D eigenvalue weighted by Crippen LogP contribution is -2.48. The minimum Gasteiger partial charge on any atom is -0.465 e. The summed E-state index contributed by atoms with van der Waals surface area (Å²) in [5.74, 6) is -1.40. The lowest BCUT2D eigenvalue weighted by molar-refractivity contribution is -0.166. The van der Waals surface area contributed by atoms with Crippen molar-refractivity contribution < 1.29 is 24.2 Å². The number of aliphatic hydroxyl groups excluding tert-OH is 1. The van der Waals surface area contributed by atoms with Gasteiger partial charge in [0, 0.05) is 6.42 Å². The number of aliphatic hydroxyl groups is 1. The second-order valence-corrected chi connectivity index (χ2v) is 4.77. The first kappa shape index (κ1) is 17.2. The Morgan fingerprint density at radius 2 is 1.57 bits per heavy atom. The van der Waals surface area contributed by atoms with Gasteiger partial charge < -0.3 is 14.6 Å². The van der Waals surface area contributed by atoms with Crippen LogP contribution in [0.25, 0.3) is 0 Å². The van der Waals surface area contributed by atoms with Crippen molar-refractivity contribution in [3.63, 3.8) is 0 Å². The van der Waals surface area contributed by atoms with Crippen LogP contribution < -0.4 is 0 Å². The zero-order valence-corrected chi connectivity index (χ0v) is 12.7. The fourth-order valence-electron chi connectivity index (χ4n) is 2.28. The van der Waals surface area contributed by atoms with Gasteiger partial charge in [-0.3, -0.25) is 9.59 Å². The number of carbonyl (C=O) groups is 2. The molecule has 0 saturated heterocycles. The van der Waals surface area contributed by atoms with Crippen molar-refractivity contribution in [1.29, 1.82) is 0 Å². The van der Waals surface area contributed by atoms with E-state index < -0.39 is 23.5 Å². The van der Waals surface area contributed by atoms with E-state index in [2.05, 4.69) is 0 Å². The topological polar surface area (TPSA) is 72.8 Å². The van der Waals surface area contributed by atoms with Crippen LogP contribution in [-0.4, -0.2) is 36.4 Å². The van der Waals surface area contributed by atoms with Gasteiger partial charge in [0.15, 0.2) is 5.41 Å². The molecule has 1 atom stereocenters. The molecule has 0 aliphatic rings. The highest BCUT2D eigenvalue weighted by atomic mass is 16.6. The Morgan fingerprint density at radius 3 is 1.95 bits per heavy atom. The van der Waals surface area contributed by atoms with Crippen molar-refractivity contribution in [3.8, 4) is 0 Å². The van der Waals surface area contributed by atoms with Gasteiger partial charge in [-0.1, -0.05) is 30.3 Å². The predicted octanol–water partition coefficient (Wildman–Crippen LogP) is 1.82. The van der Waals surface area contributed by atoms with E-state index in [-0.39, 0.29) is 19.6 Å². The summed E-state index contributed by atoms with van der Waals surface area (Å²) in [5, 5.41) is 9.77. The molecule has 1 aromatic carbocycles. The number of ether oxygens (including phenoxy) is 2. The van der Waals surface area contributed by atoms with Crippen LogP contribution in [0.1, 0.15) is 32.8 Å². The Morgan fingerprint density at radius 1 is 1.10 bits per heavy atom. The van der Waals surface area contributed by atoms with Gasteiger partial charge in [0.2, 0.25) is 0 Å². The average Bonchev–Trinajstić information content (AvgIpc) is 2.45. The first-order chi connectivity index (χ1) is 9.98. The van der Waals surface area contributed by atoms with Gasteiger partial charge in [-0.15, -0.1) is 0 Å². The molecule has 0 spiro atoms. The van der Waals surface area contributed by atoms with Crippen LogP contribution in [0.15, 0.2) is 30.3 Å². The lowest BCUT2D eigenvalue weighted by Gasteiger charge is -2.30. The largest absolute Gasteiger partial charge is 0.465 e. The van der Waals surface area contributed by atoms with Gasteiger partial charge in [-0.05, 0) is 26.3 Å². The summed E-state index contributed by atoms with van der Waals surface area (Å²) in [6.07, 6.45) is -0.951. The molecule has 0 radical (unpaired) electrons. The van der Waals surface area contributed by atoms with Crippen LogP contribution in [0.3, 0.4) is 0 Å². The molecule has 0 heterocycles. The molecule has 0 aliphatic heterocycles. The molecule has 0 bridgehead atoms. The molecule has 0 fully saturated rings. The van der Waals surface area contributed by atoms with Crippen molar-refractivity contribution in [2.75, 3.05) is 13.2 Å². The minimum atomic E-state index is -1.64. The average molecular weight is 294 g/mol. The highest BCUT2D eigenvalue weighted by Gasteiger charge is 2.51. The molecular weight excluding hydrogens is 272 g/mol. The van der Waals surface area contributed by atoms with Crippen molar-refractivity contribution in [2.24, 2.45) is 0 Å². The highest BCUT2D eigenvalue weighted by molar-refractivity contribution is 6.06. The third-order valence-electron chi connectivity index (χ3n) is 3.12. The van der Waals surface area contributed by atoms with E-state index in [1.165, 1.54) is 6.92 Å². The summed E-state index contributed by atoms with van der Waals surface area (Å²) in [6, 6.07) is 8.56. The fraction of sp³-hybridized carbons (Fsp3) is 0.500. The van der Waals surface area contributed by atoms with E-state index in [1.54, 1.807) is 44.2 Å². The predicted molar refractivity (Wildman–Crippen MR) is 77.7 cm³/mol. The first-order valence-corrected chi connectivity index (χ1v) is 7.07. The first-order valence-electron chi connectivity index (χ1n) is 7.07. The van der Waals surface area contributed by atoms with Gasteiger partial charge in [0.25, 0.3) is 0 Å². The SMILES string of the molecule is CCOC(=O)C(CC(C)O)(C(=O)OCC)c1ccccc1. The van der Waals surface area contributed by atoms with Crippen LogP contribution in [0, 0.1) is 0 Å². The molecule has 21 heavy (non-hydrogen) atoms. The molecule has 0 saturated carbocycles. The molecule has 1 aromatic rings. The van der Waals surface area contributed by atoms with E-state index in [9.17, 15) is 14.7 Å². The van der Waals surface area contributed by atoms with E-state index in [0.29, 0.717) is 5.56 Å². The maximum absolute atomic E-state index is 12.5. The van der Waals surface area contributed by atoms with Crippen LogP contribution in [0.4, 0.5) is 0 Å². The second-order valence-electron chi connectivity index (χ2n) is 4.77. The van der Waals surface area contributed by atoms with Gasteiger partial charge in [-0.25, -0.2) is 0 Å². The number of rotatable bonds is 7. The summed E-state index contributed by atoms with van der Waals surface area (Å²) in [7, 11) is 0.